The number of unbranched alkanes of at least 4 members (excludes halogenated alkanes) is 1. The summed E-state index contributed by atoms with van der Waals surface area (Å²) in [4.78, 5) is 22.9. The summed E-state index contributed by atoms with van der Waals surface area (Å²) in [5, 5.41) is 20.5. The van der Waals surface area contributed by atoms with Crippen molar-refractivity contribution >= 4 is 12.4 Å². The number of benzene rings is 1. The molecule has 3 N–H and O–H groups in total. The lowest BCUT2D eigenvalue weighted by atomic mass is 9.95. The highest BCUT2D eigenvalue weighted by molar-refractivity contribution is 5.76. The van der Waals surface area contributed by atoms with E-state index in [4.69, 9.17) is 9.84 Å². The van der Waals surface area contributed by atoms with E-state index in [9.17, 15) is 14.7 Å². The average molecular weight is 295 g/mol. The van der Waals surface area contributed by atoms with E-state index in [0.29, 0.717) is 19.1 Å². The molecule has 6 nitrogen and oxygen atoms in total. The first-order chi connectivity index (χ1) is 10.2. The maximum atomic E-state index is 11.7. The number of carbonyl (C=O) groups is 2. The summed E-state index contributed by atoms with van der Waals surface area (Å²) >= 11 is 0. The third kappa shape index (κ3) is 5.93. The molecule has 1 aromatic rings. The van der Waals surface area contributed by atoms with E-state index in [-0.39, 0.29) is 19.6 Å². The van der Waals surface area contributed by atoms with Crippen LogP contribution in [0.15, 0.2) is 30.3 Å². The minimum absolute atomic E-state index is 0.00117. The average Bonchev–Trinajstić information content (AvgIpc) is 2.53. The van der Waals surface area contributed by atoms with Crippen molar-refractivity contribution in [3.05, 3.63) is 35.9 Å². The van der Waals surface area contributed by atoms with Gasteiger partial charge in [0.2, 0.25) is 0 Å². The van der Waals surface area contributed by atoms with Crippen LogP contribution in [0.4, 0.5) is 4.79 Å². The van der Waals surface area contributed by atoms with Gasteiger partial charge in [-0.05, 0) is 24.8 Å². The standard InChI is InChI=1S/C15H21NO5/c17-9-5-4-8-15(11-18,12-19)16-14(20)21-10-13-6-2-1-3-7-13/h1-3,6-7,11,17,19H,4-5,8-10,12H2,(H,16,20)/t15-/m0/s1. The van der Waals surface area contributed by atoms with Crippen molar-refractivity contribution in [3.63, 3.8) is 0 Å². The van der Waals surface area contributed by atoms with Crippen molar-refractivity contribution in [1.82, 2.24) is 5.32 Å². The number of amides is 1. The molecule has 0 aliphatic rings. The molecule has 0 saturated heterocycles. The number of hydrogen-bond donors (Lipinski definition) is 3. The Hall–Kier alpha value is -1.92. The van der Waals surface area contributed by atoms with Gasteiger partial charge in [0, 0.05) is 6.61 Å². The molecule has 1 amide bonds. The van der Waals surface area contributed by atoms with Crippen LogP contribution in [0, 0.1) is 0 Å². The van der Waals surface area contributed by atoms with Crippen LogP contribution in [0.25, 0.3) is 0 Å². The summed E-state index contributed by atoms with van der Waals surface area (Å²) in [7, 11) is 0. The van der Waals surface area contributed by atoms with Gasteiger partial charge in [-0.3, -0.25) is 0 Å². The van der Waals surface area contributed by atoms with Crippen molar-refractivity contribution in [2.45, 2.75) is 31.4 Å². The van der Waals surface area contributed by atoms with Crippen LogP contribution >= 0.6 is 0 Å². The zero-order chi connectivity index (χ0) is 15.6. The lowest BCUT2D eigenvalue weighted by Gasteiger charge is -2.26. The number of aldehydes is 1. The summed E-state index contributed by atoms with van der Waals surface area (Å²) in [6.45, 7) is -0.426. The van der Waals surface area contributed by atoms with E-state index >= 15 is 0 Å². The SMILES string of the molecule is O=C[C@](CO)(CCCCO)NC(=O)OCc1ccccc1. The maximum absolute atomic E-state index is 11.7. The summed E-state index contributed by atoms with van der Waals surface area (Å²) in [5.74, 6) is 0. The number of aliphatic hydroxyl groups is 2. The Morgan fingerprint density at radius 3 is 2.52 bits per heavy atom. The van der Waals surface area contributed by atoms with E-state index in [1.165, 1.54) is 0 Å². The molecule has 116 valence electrons. The third-order valence-corrected chi connectivity index (χ3v) is 3.10. The fourth-order valence-electron chi connectivity index (χ4n) is 1.82. The van der Waals surface area contributed by atoms with Crippen molar-refractivity contribution in [2.24, 2.45) is 0 Å². The normalized spacial score (nSPS) is 13.2. The minimum Gasteiger partial charge on any atom is -0.445 e. The Morgan fingerprint density at radius 1 is 1.24 bits per heavy atom. The highest BCUT2D eigenvalue weighted by atomic mass is 16.5. The Kier molecular flexibility index (Phi) is 7.42. The van der Waals surface area contributed by atoms with Crippen LogP contribution < -0.4 is 5.32 Å². The molecule has 0 heterocycles. The summed E-state index contributed by atoms with van der Waals surface area (Å²) in [6, 6.07) is 9.14. The molecule has 21 heavy (non-hydrogen) atoms. The lowest BCUT2D eigenvalue weighted by molar-refractivity contribution is -0.115. The number of rotatable bonds is 9. The van der Waals surface area contributed by atoms with Crippen LogP contribution in [0.5, 0.6) is 0 Å². The number of aliphatic hydroxyl groups excluding tert-OH is 2. The minimum atomic E-state index is -1.36. The van der Waals surface area contributed by atoms with Crippen LogP contribution in [0.1, 0.15) is 24.8 Å². The molecule has 0 radical (unpaired) electrons. The molecule has 0 bridgehead atoms. The second kappa shape index (κ2) is 9.10. The quantitative estimate of drug-likeness (QED) is 0.467. The molecule has 0 unspecified atom stereocenters. The molecule has 1 rings (SSSR count). The Bertz CT molecular complexity index is 437. The molecule has 0 fully saturated rings. The number of hydrogen-bond acceptors (Lipinski definition) is 5. The topological polar surface area (TPSA) is 95.9 Å². The van der Waals surface area contributed by atoms with E-state index in [0.717, 1.165) is 5.56 Å². The van der Waals surface area contributed by atoms with Crippen LogP contribution in [-0.4, -0.2) is 41.3 Å². The van der Waals surface area contributed by atoms with Crippen molar-refractivity contribution in [2.75, 3.05) is 13.2 Å². The van der Waals surface area contributed by atoms with Crippen molar-refractivity contribution < 1.29 is 24.5 Å². The first-order valence-electron chi connectivity index (χ1n) is 6.83. The molecular formula is C15H21NO5. The summed E-state index contributed by atoms with van der Waals surface area (Å²) in [5.41, 5.74) is -0.531. The fraction of sp³-hybridized carbons (Fsp3) is 0.467. The van der Waals surface area contributed by atoms with Gasteiger partial charge in [-0.1, -0.05) is 30.3 Å². The van der Waals surface area contributed by atoms with Crippen molar-refractivity contribution in [3.8, 4) is 0 Å². The maximum Gasteiger partial charge on any atom is 0.408 e. The monoisotopic (exact) mass is 295 g/mol. The molecule has 1 atom stereocenters. The van der Waals surface area contributed by atoms with Gasteiger partial charge >= 0.3 is 6.09 Å². The number of alkyl carbamates (subject to hydrolysis) is 1. The second-order valence-electron chi connectivity index (χ2n) is 4.80. The molecule has 0 aliphatic heterocycles. The van der Waals surface area contributed by atoms with Gasteiger partial charge in [0.25, 0.3) is 0 Å². The zero-order valence-corrected chi connectivity index (χ0v) is 11.8. The van der Waals surface area contributed by atoms with Gasteiger partial charge in [0.05, 0.1) is 6.61 Å². The Labute approximate surface area is 123 Å². The van der Waals surface area contributed by atoms with Gasteiger partial charge < -0.3 is 25.1 Å². The van der Waals surface area contributed by atoms with E-state index in [2.05, 4.69) is 5.32 Å². The van der Waals surface area contributed by atoms with Crippen molar-refractivity contribution in [1.29, 1.82) is 0 Å². The smallest absolute Gasteiger partial charge is 0.408 e. The van der Waals surface area contributed by atoms with Gasteiger partial charge in [-0.15, -0.1) is 0 Å². The summed E-state index contributed by atoms with van der Waals surface area (Å²) in [6.07, 6.45) is 0.997. The molecule has 0 aromatic heterocycles. The second-order valence-corrected chi connectivity index (χ2v) is 4.80. The predicted molar refractivity (Wildman–Crippen MR) is 76.6 cm³/mol. The first kappa shape index (κ1) is 17.1. The molecule has 1 aromatic carbocycles. The predicted octanol–water partition coefficient (Wildman–Crippen LogP) is 1.01. The summed E-state index contributed by atoms with van der Waals surface area (Å²) < 4.78 is 5.02. The molecule has 0 saturated carbocycles. The highest BCUT2D eigenvalue weighted by Crippen LogP contribution is 2.12. The Morgan fingerprint density at radius 2 is 1.95 bits per heavy atom. The highest BCUT2D eigenvalue weighted by Gasteiger charge is 2.31. The van der Waals surface area contributed by atoms with Gasteiger partial charge in [-0.25, -0.2) is 4.79 Å². The van der Waals surface area contributed by atoms with Crippen LogP contribution in [0.3, 0.4) is 0 Å². The third-order valence-electron chi connectivity index (χ3n) is 3.10. The fourth-order valence-corrected chi connectivity index (χ4v) is 1.82. The van der Waals surface area contributed by atoms with E-state index in [1.54, 1.807) is 0 Å². The molecule has 6 heteroatoms. The van der Waals surface area contributed by atoms with Crippen LogP contribution in [-0.2, 0) is 16.1 Å². The zero-order valence-electron chi connectivity index (χ0n) is 11.8. The number of carbonyl (C=O) groups excluding carboxylic acids is 2. The van der Waals surface area contributed by atoms with Gasteiger partial charge in [-0.2, -0.15) is 0 Å². The first-order valence-corrected chi connectivity index (χ1v) is 6.83. The molecular weight excluding hydrogens is 274 g/mol. The number of nitrogens with one attached hydrogen (secondary N) is 1. The van der Waals surface area contributed by atoms with E-state index in [1.807, 2.05) is 30.3 Å². The molecule has 0 aliphatic carbocycles. The largest absolute Gasteiger partial charge is 0.445 e. The lowest BCUT2D eigenvalue weighted by Crippen LogP contribution is -2.53. The van der Waals surface area contributed by atoms with Gasteiger partial charge in [0.15, 0.2) is 0 Å². The Balaban J connectivity index is 2.49. The van der Waals surface area contributed by atoms with Crippen LogP contribution in [0.2, 0.25) is 0 Å². The number of ether oxygens (including phenoxy) is 1. The molecule has 0 spiro atoms. The van der Waals surface area contributed by atoms with E-state index < -0.39 is 18.2 Å². The van der Waals surface area contributed by atoms with Gasteiger partial charge in [0.1, 0.15) is 18.4 Å².